The lowest BCUT2D eigenvalue weighted by molar-refractivity contribution is 0.314. The van der Waals surface area contributed by atoms with Crippen LogP contribution in [-0.4, -0.2) is 42.0 Å². The molecule has 2 N–H and O–H groups in total. The molecular formula is C15H25N5O. The first-order valence-electron chi connectivity index (χ1n) is 7.03. The molecule has 1 aromatic carbocycles. The molecule has 6 heteroatoms. The Hall–Kier alpha value is -2.08. The van der Waals surface area contributed by atoms with E-state index in [0.717, 1.165) is 24.7 Å². The maximum atomic E-state index is 5.65. The molecule has 116 valence electrons. The number of rotatable bonds is 6. The predicted molar refractivity (Wildman–Crippen MR) is 85.8 cm³/mol. The Balaban J connectivity index is 0.000000677. The lowest BCUT2D eigenvalue weighted by Gasteiger charge is -2.07. The first kappa shape index (κ1) is 17.0. The molecule has 0 radical (unpaired) electrons. The summed E-state index contributed by atoms with van der Waals surface area (Å²) in [5.74, 6) is 1.71. The second kappa shape index (κ2) is 9.77. The van der Waals surface area contributed by atoms with Crippen molar-refractivity contribution >= 4 is 5.95 Å². The second-order valence-electron chi connectivity index (χ2n) is 4.65. The minimum atomic E-state index is 0.689. The smallest absolute Gasteiger partial charge is 0.220 e. The summed E-state index contributed by atoms with van der Waals surface area (Å²) in [5.41, 5.74) is 1.21. The third kappa shape index (κ3) is 6.76. The SMILES string of the molecule is CNC.Cc1cccc(OCCCNc2ncnn2C)c1. The normalized spacial score (nSPS) is 9.71. The van der Waals surface area contributed by atoms with Crippen molar-refractivity contribution in [2.75, 3.05) is 32.6 Å². The molecule has 0 aliphatic carbocycles. The zero-order valence-corrected chi connectivity index (χ0v) is 13.3. The molecule has 0 unspecified atom stereocenters. The van der Waals surface area contributed by atoms with Gasteiger partial charge in [0.2, 0.25) is 5.95 Å². The number of ether oxygens (including phenoxy) is 1. The van der Waals surface area contributed by atoms with Crippen LogP contribution in [0.1, 0.15) is 12.0 Å². The molecule has 1 heterocycles. The highest BCUT2D eigenvalue weighted by atomic mass is 16.5. The molecule has 6 nitrogen and oxygen atoms in total. The van der Waals surface area contributed by atoms with E-state index in [-0.39, 0.29) is 0 Å². The Morgan fingerprint density at radius 3 is 2.67 bits per heavy atom. The number of nitrogens with zero attached hydrogens (tertiary/aromatic N) is 3. The van der Waals surface area contributed by atoms with E-state index in [2.05, 4.69) is 33.7 Å². The lowest BCUT2D eigenvalue weighted by atomic mass is 10.2. The van der Waals surface area contributed by atoms with Crippen LogP contribution in [0.25, 0.3) is 0 Å². The van der Waals surface area contributed by atoms with E-state index < -0.39 is 0 Å². The maximum Gasteiger partial charge on any atom is 0.220 e. The minimum absolute atomic E-state index is 0.689. The molecule has 21 heavy (non-hydrogen) atoms. The summed E-state index contributed by atoms with van der Waals surface area (Å²) in [6, 6.07) is 8.07. The van der Waals surface area contributed by atoms with Gasteiger partial charge >= 0.3 is 0 Å². The summed E-state index contributed by atoms with van der Waals surface area (Å²) in [4.78, 5) is 4.08. The Labute approximate surface area is 126 Å². The van der Waals surface area contributed by atoms with Crippen molar-refractivity contribution in [2.45, 2.75) is 13.3 Å². The van der Waals surface area contributed by atoms with E-state index in [9.17, 15) is 0 Å². The topological polar surface area (TPSA) is 64.0 Å². The lowest BCUT2D eigenvalue weighted by Crippen LogP contribution is -2.10. The number of hydrogen-bond acceptors (Lipinski definition) is 5. The molecule has 0 aliphatic heterocycles. The van der Waals surface area contributed by atoms with Crippen molar-refractivity contribution in [3.63, 3.8) is 0 Å². The summed E-state index contributed by atoms with van der Waals surface area (Å²) < 4.78 is 7.36. The standard InChI is InChI=1S/C13H18N4O.C2H7N/c1-11-5-3-6-12(9-11)18-8-4-7-14-13-15-10-16-17(13)2;1-3-2/h3,5-6,9-10H,4,7-8H2,1-2H3,(H,14,15,16);3H,1-2H3. The van der Waals surface area contributed by atoms with Crippen LogP contribution in [-0.2, 0) is 7.05 Å². The summed E-state index contributed by atoms with van der Waals surface area (Å²) >= 11 is 0. The summed E-state index contributed by atoms with van der Waals surface area (Å²) in [6.07, 6.45) is 2.45. The van der Waals surface area contributed by atoms with E-state index in [1.54, 1.807) is 4.68 Å². The van der Waals surface area contributed by atoms with Crippen molar-refractivity contribution in [1.29, 1.82) is 0 Å². The molecule has 0 fully saturated rings. The monoisotopic (exact) mass is 291 g/mol. The van der Waals surface area contributed by atoms with Gasteiger partial charge in [0.15, 0.2) is 0 Å². The molecule has 0 bridgehead atoms. The summed E-state index contributed by atoms with van der Waals surface area (Å²) in [7, 11) is 5.61. The van der Waals surface area contributed by atoms with E-state index in [1.165, 1.54) is 11.9 Å². The third-order valence-electron chi connectivity index (χ3n) is 2.57. The largest absolute Gasteiger partial charge is 0.494 e. The number of aryl methyl sites for hydroxylation is 2. The first-order valence-corrected chi connectivity index (χ1v) is 7.03. The zero-order chi connectivity index (χ0) is 15.5. The molecule has 0 atom stereocenters. The van der Waals surface area contributed by atoms with Crippen molar-refractivity contribution < 1.29 is 4.74 Å². The highest BCUT2D eigenvalue weighted by Crippen LogP contribution is 2.12. The van der Waals surface area contributed by atoms with Crippen molar-refractivity contribution in [3.8, 4) is 5.75 Å². The maximum absolute atomic E-state index is 5.65. The van der Waals surface area contributed by atoms with Gasteiger partial charge in [0.1, 0.15) is 12.1 Å². The highest BCUT2D eigenvalue weighted by molar-refractivity contribution is 5.27. The van der Waals surface area contributed by atoms with Gasteiger partial charge in [0.05, 0.1) is 6.61 Å². The van der Waals surface area contributed by atoms with Crippen LogP contribution in [0, 0.1) is 6.92 Å². The first-order chi connectivity index (χ1) is 10.2. The molecule has 1 aromatic heterocycles. The van der Waals surface area contributed by atoms with Crippen LogP contribution in [0.4, 0.5) is 5.95 Å². The fraction of sp³-hybridized carbons (Fsp3) is 0.467. The molecule has 0 aliphatic rings. The molecule has 0 saturated carbocycles. The van der Waals surface area contributed by atoms with Gasteiger partial charge in [0, 0.05) is 13.6 Å². The summed E-state index contributed by atoms with van der Waals surface area (Å²) in [6.45, 7) is 3.56. The number of benzene rings is 1. The van der Waals surface area contributed by atoms with Crippen LogP contribution in [0.15, 0.2) is 30.6 Å². The van der Waals surface area contributed by atoms with Gasteiger partial charge in [-0.3, -0.25) is 0 Å². The third-order valence-corrected chi connectivity index (χ3v) is 2.57. The number of anilines is 1. The summed E-state index contributed by atoms with van der Waals surface area (Å²) in [5, 5.41) is 9.93. The van der Waals surface area contributed by atoms with Crippen LogP contribution in [0.2, 0.25) is 0 Å². The average molecular weight is 291 g/mol. The zero-order valence-electron chi connectivity index (χ0n) is 13.3. The quantitative estimate of drug-likeness (QED) is 0.795. The van der Waals surface area contributed by atoms with Crippen molar-refractivity contribution in [2.24, 2.45) is 7.05 Å². The van der Waals surface area contributed by atoms with Crippen LogP contribution >= 0.6 is 0 Å². The molecule has 2 aromatic rings. The predicted octanol–water partition coefficient (Wildman–Crippen LogP) is 1.84. The van der Waals surface area contributed by atoms with E-state index >= 15 is 0 Å². The molecule has 0 saturated heterocycles. The Bertz CT molecular complexity index is 512. The highest BCUT2D eigenvalue weighted by Gasteiger charge is 1.98. The van der Waals surface area contributed by atoms with E-state index in [1.807, 2.05) is 39.3 Å². The van der Waals surface area contributed by atoms with Gasteiger partial charge in [-0.05, 0) is 45.1 Å². The molecule has 0 amide bonds. The van der Waals surface area contributed by atoms with Gasteiger partial charge in [-0.15, -0.1) is 0 Å². The van der Waals surface area contributed by atoms with Gasteiger partial charge in [-0.1, -0.05) is 12.1 Å². The molecule has 0 spiro atoms. The van der Waals surface area contributed by atoms with Gasteiger partial charge < -0.3 is 15.4 Å². The van der Waals surface area contributed by atoms with Gasteiger partial charge in [0.25, 0.3) is 0 Å². The van der Waals surface area contributed by atoms with Crippen LogP contribution < -0.4 is 15.4 Å². The molecule has 2 rings (SSSR count). The fourth-order valence-corrected chi connectivity index (χ4v) is 1.62. The minimum Gasteiger partial charge on any atom is -0.494 e. The van der Waals surface area contributed by atoms with Crippen molar-refractivity contribution in [1.82, 2.24) is 20.1 Å². The van der Waals surface area contributed by atoms with Gasteiger partial charge in [-0.25, -0.2) is 4.68 Å². The van der Waals surface area contributed by atoms with Crippen LogP contribution in [0.5, 0.6) is 5.75 Å². The van der Waals surface area contributed by atoms with E-state index in [4.69, 9.17) is 4.74 Å². The Morgan fingerprint density at radius 2 is 2.05 bits per heavy atom. The van der Waals surface area contributed by atoms with Gasteiger partial charge in [-0.2, -0.15) is 10.1 Å². The Morgan fingerprint density at radius 1 is 1.29 bits per heavy atom. The number of nitrogens with one attached hydrogen (secondary N) is 2. The number of aromatic nitrogens is 3. The Kier molecular flexibility index (Phi) is 7.89. The fourth-order valence-electron chi connectivity index (χ4n) is 1.62. The average Bonchev–Trinajstić information content (AvgIpc) is 2.85. The molecular weight excluding hydrogens is 266 g/mol. The van der Waals surface area contributed by atoms with Crippen molar-refractivity contribution in [3.05, 3.63) is 36.2 Å². The van der Waals surface area contributed by atoms with E-state index in [0.29, 0.717) is 6.61 Å². The second-order valence-corrected chi connectivity index (χ2v) is 4.65. The number of hydrogen-bond donors (Lipinski definition) is 2. The van der Waals surface area contributed by atoms with Crippen LogP contribution in [0.3, 0.4) is 0 Å².